The monoisotopic (exact) mass is 517 g/mol. The predicted octanol–water partition coefficient (Wildman–Crippen LogP) is 5.64. The molecule has 1 saturated heterocycles. The number of rotatable bonds is 7. The lowest BCUT2D eigenvalue weighted by molar-refractivity contribution is -0.121. The third-order valence-electron chi connectivity index (χ3n) is 5.81. The lowest BCUT2D eigenvalue weighted by Gasteiger charge is -2.31. The van der Waals surface area contributed by atoms with E-state index in [0.29, 0.717) is 16.4 Å². The van der Waals surface area contributed by atoms with Crippen molar-refractivity contribution in [3.8, 4) is 0 Å². The normalized spacial score (nSPS) is 15.1. The second-order valence-electron chi connectivity index (χ2n) is 8.30. The molecule has 6 nitrogen and oxygen atoms in total. The molecular weight excluding hydrogens is 493 g/mol. The molecule has 9 heteroatoms. The molecule has 0 bridgehead atoms. The number of sulfonamides is 1. The van der Waals surface area contributed by atoms with Crippen LogP contribution in [0.5, 0.6) is 0 Å². The number of hydrogen-bond acceptors (Lipinski definition) is 4. The number of hydrogen-bond donors (Lipinski definition) is 2. The largest absolute Gasteiger partial charge is 0.326 e. The SMILES string of the molecule is O=C(Nc1ccc(S(=O)(=O)Nc2ccc(Cl)cc2)cc1)C1CCN(Cc2ccc(Cl)cc2)CC1. The summed E-state index contributed by atoms with van der Waals surface area (Å²) in [6, 6.07) is 20.4. The zero-order valence-electron chi connectivity index (χ0n) is 18.4. The quantitative estimate of drug-likeness (QED) is 0.424. The van der Waals surface area contributed by atoms with Gasteiger partial charge in [-0.25, -0.2) is 8.42 Å². The molecule has 1 fully saturated rings. The van der Waals surface area contributed by atoms with E-state index < -0.39 is 10.0 Å². The molecular formula is C25H25Cl2N3O3S. The molecule has 0 aromatic heterocycles. The van der Waals surface area contributed by atoms with E-state index in [4.69, 9.17) is 23.2 Å². The Bertz CT molecular complexity index is 1220. The Morgan fingerprint density at radius 1 is 0.824 bits per heavy atom. The first-order chi connectivity index (χ1) is 16.3. The van der Waals surface area contributed by atoms with Gasteiger partial charge in [0.1, 0.15) is 0 Å². The van der Waals surface area contributed by atoms with Crippen LogP contribution in [-0.4, -0.2) is 32.3 Å². The van der Waals surface area contributed by atoms with Crippen LogP contribution in [0, 0.1) is 5.92 Å². The Balaban J connectivity index is 1.29. The van der Waals surface area contributed by atoms with Crippen molar-refractivity contribution in [2.75, 3.05) is 23.1 Å². The molecule has 1 heterocycles. The maximum atomic E-state index is 12.7. The van der Waals surface area contributed by atoms with Gasteiger partial charge in [-0.2, -0.15) is 0 Å². The van der Waals surface area contributed by atoms with Gasteiger partial charge in [-0.05, 0) is 92.2 Å². The average molecular weight is 518 g/mol. The molecule has 0 radical (unpaired) electrons. The van der Waals surface area contributed by atoms with Crippen LogP contribution < -0.4 is 10.0 Å². The predicted molar refractivity (Wildman–Crippen MR) is 137 cm³/mol. The summed E-state index contributed by atoms with van der Waals surface area (Å²) in [4.78, 5) is 15.2. The summed E-state index contributed by atoms with van der Waals surface area (Å²) in [7, 11) is -3.74. The lowest BCUT2D eigenvalue weighted by Crippen LogP contribution is -2.37. The van der Waals surface area contributed by atoms with Crippen LogP contribution in [0.25, 0.3) is 0 Å². The van der Waals surface area contributed by atoms with Crippen LogP contribution in [0.15, 0.2) is 77.7 Å². The van der Waals surface area contributed by atoms with E-state index in [1.54, 1.807) is 36.4 Å². The van der Waals surface area contributed by atoms with Gasteiger partial charge in [0.05, 0.1) is 4.90 Å². The minimum absolute atomic E-state index is 0.0407. The molecule has 3 aromatic rings. The first kappa shape index (κ1) is 24.5. The van der Waals surface area contributed by atoms with Gasteiger partial charge < -0.3 is 5.32 Å². The summed E-state index contributed by atoms with van der Waals surface area (Å²) in [5.74, 6) is -0.113. The fraction of sp³-hybridized carbons (Fsp3) is 0.240. The van der Waals surface area contributed by atoms with Gasteiger partial charge in [-0.1, -0.05) is 35.3 Å². The topological polar surface area (TPSA) is 78.5 Å². The van der Waals surface area contributed by atoms with E-state index in [9.17, 15) is 13.2 Å². The summed E-state index contributed by atoms with van der Waals surface area (Å²) in [6.07, 6.45) is 1.55. The highest BCUT2D eigenvalue weighted by atomic mass is 35.5. The van der Waals surface area contributed by atoms with Crippen molar-refractivity contribution >= 4 is 50.5 Å². The van der Waals surface area contributed by atoms with Crippen molar-refractivity contribution in [3.05, 3.63) is 88.4 Å². The van der Waals surface area contributed by atoms with E-state index in [0.717, 1.165) is 37.5 Å². The molecule has 34 heavy (non-hydrogen) atoms. The molecule has 1 aliphatic heterocycles. The Kier molecular flexibility index (Phi) is 7.78. The van der Waals surface area contributed by atoms with Gasteiger partial charge in [0.25, 0.3) is 10.0 Å². The number of halogens is 2. The fourth-order valence-corrected chi connectivity index (χ4v) is 5.21. The number of piperidine rings is 1. The van der Waals surface area contributed by atoms with Crippen LogP contribution in [0.3, 0.4) is 0 Å². The van der Waals surface area contributed by atoms with Gasteiger partial charge >= 0.3 is 0 Å². The number of anilines is 2. The molecule has 3 aromatic carbocycles. The molecule has 2 N–H and O–H groups in total. The number of benzene rings is 3. The molecule has 0 atom stereocenters. The second-order valence-corrected chi connectivity index (χ2v) is 10.9. The molecule has 0 unspecified atom stereocenters. The van der Waals surface area contributed by atoms with E-state index in [1.807, 2.05) is 24.3 Å². The van der Waals surface area contributed by atoms with Gasteiger partial charge in [0.2, 0.25) is 5.91 Å². The van der Waals surface area contributed by atoms with E-state index in [1.165, 1.54) is 17.7 Å². The molecule has 178 valence electrons. The lowest BCUT2D eigenvalue weighted by atomic mass is 9.95. The Morgan fingerprint density at radius 2 is 1.35 bits per heavy atom. The van der Waals surface area contributed by atoms with E-state index in [-0.39, 0.29) is 16.7 Å². The number of carbonyl (C=O) groups is 1. The minimum Gasteiger partial charge on any atom is -0.326 e. The van der Waals surface area contributed by atoms with Gasteiger partial charge in [-0.15, -0.1) is 0 Å². The summed E-state index contributed by atoms with van der Waals surface area (Å²) >= 11 is 11.8. The molecule has 0 spiro atoms. The van der Waals surface area contributed by atoms with Crippen molar-refractivity contribution < 1.29 is 13.2 Å². The third-order valence-corrected chi connectivity index (χ3v) is 7.71. The van der Waals surface area contributed by atoms with Crippen LogP contribution >= 0.6 is 23.2 Å². The van der Waals surface area contributed by atoms with Crippen molar-refractivity contribution in [2.24, 2.45) is 5.92 Å². The van der Waals surface area contributed by atoms with Gasteiger partial charge in [-0.3, -0.25) is 14.4 Å². The number of nitrogens with one attached hydrogen (secondary N) is 2. The van der Waals surface area contributed by atoms with Gasteiger partial charge in [0, 0.05) is 33.9 Å². The van der Waals surface area contributed by atoms with Crippen LogP contribution in [0.4, 0.5) is 11.4 Å². The molecule has 0 aliphatic carbocycles. The fourth-order valence-electron chi connectivity index (χ4n) is 3.90. The van der Waals surface area contributed by atoms with Crippen LogP contribution in [0.2, 0.25) is 10.0 Å². The highest BCUT2D eigenvalue weighted by molar-refractivity contribution is 7.92. The number of likely N-dealkylation sites (tertiary alicyclic amines) is 1. The Labute approximate surface area is 209 Å². The maximum Gasteiger partial charge on any atom is 0.261 e. The summed E-state index contributed by atoms with van der Waals surface area (Å²) in [5.41, 5.74) is 2.19. The molecule has 1 amide bonds. The zero-order chi connectivity index (χ0) is 24.1. The smallest absolute Gasteiger partial charge is 0.261 e. The second kappa shape index (κ2) is 10.8. The standard InChI is InChI=1S/C25H25Cl2N3O3S/c26-20-3-1-18(2-4-20)17-30-15-13-19(14-16-30)25(31)28-22-9-11-24(12-10-22)34(32,33)29-23-7-5-21(27)6-8-23/h1-12,19,29H,13-17H2,(H,28,31). The minimum atomic E-state index is -3.74. The highest BCUT2D eigenvalue weighted by Gasteiger charge is 2.25. The molecule has 4 rings (SSSR count). The zero-order valence-corrected chi connectivity index (χ0v) is 20.7. The van der Waals surface area contributed by atoms with Crippen molar-refractivity contribution in [3.63, 3.8) is 0 Å². The first-order valence-electron chi connectivity index (χ1n) is 10.9. The van der Waals surface area contributed by atoms with E-state index >= 15 is 0 Å². The van der Waals surface area contributed by atoms with Crippen molar-refractivity contribution in [1.82, 2.24) is 4.90 Å². The number of nitrogens with zero attached hydrogens (tertiary/aromatic N) is 1. The summed E-state index contributed by atoms with van der Waals surface area (Å²) < 4.78 is 27.7. The van der Waals surface area contributed by atoms with Crippen LogP contribution in [-0.2, 0) is 21.4 Å². The first-order valence-corrected chi connectivity index (χ1v) is 13.2. The van der Waals surface area contributed by atoms with E-state index in [2.05, 4.69) is 14.9 Å². The maximum absolute atomic E-state index is 12.7. The summed E-state index contributed by atoms with van der Waals surface area (Å²) in [5, 5.41) is 4.16. The van der Waals surface area contributed by atoms with Crippen molar-refractivity contribution in [2.45, 2.75) is 24.3 Å². The Hall–Kier alpha value is -2.58. The Morgan fingerprint density at radius 3 is 1.94 bits per heavy atom. The molecule has 1 aliphatic rings. The number of carbonyl (C=O) groups excluding carboxylic acids is 1. The van der Waals surface area contributed by atoms with Crippen LogP contribution in [0.1, 0.15) is 18.4 Å². The van der Waals surface area contributed by atoms with Crippen molar-refractivity contribution in [1.29, 1.82) is 0 Å². The summed E-state index contributed by atoms with van der Waals surface area (Å²) in [6.45, 7) is 2.52. The highest BCUT2D eigenvalue weighted by Crippen LogP contribution is 2.23. The third kappa shape index (κ3) is 6.51. The number of amides is 1. The average Bonchev–Trinajstić information content (AvgIpc) is 2.83. The molecule has 0 saturated carbocycles. The van der Waals surface area contributed by atoms with Gasteiger partial charge in [0.15, 0.2) is 0 Å².